The lowest BCUT2D eigenvalue weighted by atomic mass is 10.1. The summed E-state index contributed by atoms with van der Waals surface area (Å²) >= 11 is 0. The molecule has 0 aliphatic carbocycles. The van der Waals surface area contributed by atoms with Gasteiger partial charge in [0.1, 0.15) is 11.7 Å². The van der Waals surface area contributed by atoms with Crippen molar-refractivity contribution in [3.8, 4) is 11.3 Å². The van der Waals surface area contributed by atoms with E-state index in [2.05, 4.69) is 44.7 Å². The van der Waals surface area contributed by atoms with E-state index in [-0.39, 0.29) is 0 Å². The summed E-state index contributed by atoms with van der Waals surface area (Å²) in [5.41, 5.74) is 4.02. The highest BCUT2D eigenvalue weighted by Gasteiger charge is 2.16. The molecule has 1 N–H and O–H groups in total. The maximum absolute atomic E-state index is 4.57. The fourth-order valence-electron chi connectivity index (χ4n) is 2.66. The van der Waals surface area contributed by atoms with Gasteiger partial charge in [0.2, 0.25) is 0 Å². The Morgan fingerprint density at radius 1 is 1.10 bits per heavy atom. The van der Waals surface area contributed by atoms with Crippen molar-refractivity contribution >= 4 is 11.5 Å². The number of pyridine rings is 1. The molecule has 0 radical (unpaired) electrons. The summed E-state index contributed by atoms with van der Waals surface area (Å²) in [6, 6.07) is 14.4. The van der Waals surface area contributed by atoms with E-state index in [1.54, 1.807) is 0 Å². The average Bonchev–Trinajstić information content (AvgIpc) is 3.15. The van der Waals surface area contributed by atoms with Gasteiger partial charge in [0.15, 0.2) is 5.65 Å². The molecule has 0 saturated heterocycles. The number of nitrogens with one attached hydrogen (secondary N) is 1. The first-order valence-electron chi connectivity index (χ1n) is 7.03. The van der Waals surface area contributed by atoms with Crippen LogP contribution in [0.4, 0.5) is 0 Å². The van der Waals surface area contributed by atoms with Crippen LogP contribution < -0.4 is 5.32 Å². The Morgan fingerprint density at radius 2 is 1.95 bits per heavy atom. The van der Waals surface area contributed by atoms with Gasteiger partial charge in [-0.1, -0.05) is 30.3 Å². The molecule has 1 aliphatic heterocycles. The molecule has 2 aromatic heterocycles. The van der Waals surface area contributed by atoms with Gasteiger partial charge in [-0.15, -0.1) is 0 Å². The van der Waals surface area contributed by atoms with Crippen molar-refractivity contribution in [2.24, 2.45) is 4.99 Å². The van der Waals surface area contributed by atoms with Crippen molar-refractivity contribution < 1.29 is 0 Å². The Labute approximate surface area is 122 Å². The molecule has 0 bridgehead atoms. The molecule has 0 spiro atoms. The topological polar surface area (TPSA) is 54.6 Å². The fourth-order valence-corrected chi connectivity index (χ4v) is 2.66. The molecular weight excluding hydrogens is 262 g/mol. The van der Waals surface area contributed by atoms with Gasteiger partial charge < -0.3 is 5.32 Å². The smallest absolute Gasteiger partial charge is 0.167 e. The number of benzene rings is 1. The predicted molar refractivity (Wildman–Crippen MR) is 82.6 cm³/mol. The fraction of sp³-hybridized carbons (Fsp3) is 0.188. The number of aliphatic imine (C=N–C) groups is 1. The minimum absolute atomic E-state index is 0.762. The van der Waals surface area contributed by atoms with E-state index in [0.717, 1.165) is 47.2 Å². The van der Waals surface area contributed by atoms with E-state index in [4.69, 9.17) is 0 Å². The lowest BCUT2D eigenvalue weighted by molar-refractivity contribution is 0.935. The van der Waals surface area contributed by atoms with Gasteiger partial charge in [-0.25, -0.2) is 9.50 Å². The molecule has 4 rings (SSSR count). The Morgan fingerprint density at radius 3 is 2.71 bits per heavy atom. The van der Waals surface area contributed by atoms with Crippen LogP contribution in [-0.4, -0.2) is 33.5 Å². The second-order valence-electron chi connectivity index (χ2n) is 5.05. The Kier molecular flexibility index (Phi) is 2.70. The highest BCUT2D eigenvalue weighted by Crippen LogP contribution is 2.22. The van der Waals surface area contributed by atoms with Crippen molar-refractivity contribution in [3.05, 3.63) is 53.9 Å². The van der Waals surface area contributed by atoms with Crippen LogP contribution in [0, 0.1) is 6.92 Å². The Hall–Kier alpha value is -2.69. The highest BCUT2D eigenvalue weighted by atomic mass is 15.3. The number of rotatable bonds is 2. The summed E-state index contributed by atoms with van der Waals surface area (Å²) in [4.78, 5) is 9.07. The minimum Gasteiger partial charge on any atom is -0.368 e. The highest BCUT2D eigenvalue weighted by molar-refractivity contribution is 6.04. The van der Waals surface area contributed by atoms with Gasteiger partial charge in [-0.2, -0.15) is 5.10 Å². The first-order chi connectivity index (χ1) is 10.3. The first-order valence-corrected chi connectivity index (χ1v) is 7.03. The monoisotopic (exact) mass is 277 g/mol. The van der Waals surface area contributed by atoms with Crippen LogP contribution in [-0.2, 0) is 0 Å². The summed E-state index contributed by atoms with van der Waals surface area (Å²) < 4.78 is 1.91. The van der Waals surface area contributed by atoms with Crippen LogP contribution in [0.2, 0.25) is 0 Å². The molecule has 104 valence electrons. The van der Waals surface area contributed by atoms with Gasteiger partial charge in [0, 0.05) is 12.1 Å². The van der Waals surface area contributed by atoms with Gasteiger partial charge in [0.05, 0.1) is 17.8 Å². The number of fused-ring (bicyclic) bond motifs is 1. The first kappa shape index (κ1) is 12.1. The number of amidine groups is 1. The van der Waals surface area contributed by atoms with E-state index in [0.29, 0.717) is 0 Å². The van der Waals surface area contributed by atoms with E-state index in [1.807, 2.05) is 29.6 Å². The van der Waals surface area contributed by atoms with Crippen LogP contribution >= 0.6 is 0 Å². The predicted octanol–water partition coefficient (Wildman–Crippen LogP) is 2.05. The van der Waals surface area contributed by atoms with Gasteiger partial charge in [-0.3, -0.25) is 4.99 Å². The Bertz CT molecular complexity index is 832. The van der Waals surface area contributed by atoms with Crippen LogP contribution in [0.15, 0.2) is 47.5 Å². The summed E-state index contributed by atoms with van der Waals surface area (Å²) in [5.74, 6) is 1.67. The summed E-state index contributed by atoms with van der Waals surface area (Å²) in [7, 11) is 0. The molecule has 0 atom stereocenters. The largest absolute Gasteiger partial charge is 0.368 e. The van der Waals surface area contributed by atoms with Crippen molar-refractivity contribution in [1.29, 1.82) is 0 Å². The third-order valence-corrected chi connectivity index (χ3v) is 3.59. The molecule has 1 aliphatic rings. The summed E-state index contributed by atoms with van der Waals surface area (Å²) in [6.45, 7) is 3.61. The molecule has 0 amide bonds. The van der Waals surface area contributed by atoms with Crippen LogP contribution in [0.3, 0.4) is 0 Å². The second kappa shape index (κ2) is 4.70. The third kappa shape index (κ3) is 1.98. The molecule has 3 aromatic rings. The molecule has 0 fully saturated rings. The number of aryl methyl sites for hydroxylation is 1. The minimum atomic E-state index is 0.762. The maximum Gasteiger partial charge on any atom is 0.167 e. The zero-order chi connectivity index (χ0) is 14.2. The second-order valence-corrected chi connectivity index (χ2v) is 5.05. The molecular formula is C16H15N5. The van der Waals surface area contributed by atoms with E-state index < -0.39 is 0 Å². The zero-order valence-corrected chi connectivity index (χ0v) is 11.7. The van der Waals surface area contributed by atoms with E-state index in [1.165, 1.54) is 0 Å². The molecule has 1 aromatic carbocycles. The number of nitrogens with zero attached hydrogens (tertiary/aromatic N) is 4. The maximum atomic E-state index is 4.57. The van der Waals surface area contributed by atoms with Crippen molar-refractivity contribution in [2.45, 2.75) is 6.92 Å². The lowest BCUT2D eigenvalue weighted by Gasteiger charge is -2.08. The van der Waals surface area contributed by atoms with Gasteiger partial charge >= 0.3 is 0 Å². The average molecular weight is 277 g/mol. The van der Waals surface area contributed by atoms with Crippen molar-refractivity contribution in [2.75, 3.05) is 13.1 Å². The molecule has 5 nitrogen and oxygen atoms in total. The van der Waals surface area contributed by atoms with Crippen molar-refractivity contribution in [1.82, 2.24) is 19.9 Å². The summed E-state index contributed by atoms with van der Waals surface area (Å²) in [5, 5.41) is 7.85. The molecule has 3 heterocycles. The van der Waals surface area contributed by atoms with E-state index >= 15 is 0 Å². The van der Waals surface area contributed by atoms with Crippen LogP contribution in [0.5, 0.6) is 0 Å². The quantitative estimate of drug-likeness (QED) is 0.780. The molecule has 21 heavy (non-hydrogen) atoms. The van der Waals surface area contributed by atoms with Crippen LogP contribution in [0.25, 0.3) is 16.9 Å². The van der Waals surface area contributed by atoms with Crippen LogP contribution in [0.1, 0.15) is 11.4 Å². The molecule has 5 heteroatoms. The number of hydrogen-bond donors (Lipinski definition) is 1. The summed E-state index contributed by atoms with van der Waals surface area (Å²) in [6.07, 6.45) is 0. The third-order valence-electron chi connectivity index (χ3n) is 3.59. The normalized spacial score (nSPS) is 14.2. The molecule has 0 unspecified atom stereocenters. The van der Waals surface area contributed by atoms with E-state index in [9.17, 15) is 0 Å². The zero-order valence-electron chi connectivity index (χ0n) is 11.7. The number of hydrogen-bond acceptors (Lipinski definition) is 4. The molecule has 0 saturated carbocycles. The van der Waals surface area contributed by atoms with Gasteiger partial charge in [-0.05, 0) is 19.1 Å². The van der Waals surface area contributed by atoms with Gasteiger partial charge in [0.25, 0.3) is 0 Å². The van der Waals surface area contributed by atoms with Crippen molar-refractivity contribution in [3.63, 3.8) is 0 Å². The SMILES string of the molecule is Cc1nc2c(C3=NCCN3)ccc(-c3ccccc3)n2n1. The number of aromatic nitrogens is 3. The lowest BCUT2D eigenvalue weighted by Crippen LogP contribution is -2.20. The Balaban J connectivity index is 1.97. The standard InChI is InChI=1S/C16H15N5/c1-11-19-16-13(15-17-9-10-18-15)7-8-14(21(16)20-11)12-5-3-2-4-6-12/h2-8H,9-10H2,1H3,(H,17,18).